The summed E-state index contributed by atoms with van der Waals surface area (Å²) in [5.74, 6) is 0.830. The minimum atomic E-state index is 0.432. The summed E-state index contributed by atoms with van der Waals surface area (Å²) in [6.45, 7) is 1.22. The lowest BCUT2D eigenvalue weighted by molar-refractivity contribution is 0.921. The van der Waals surface area contributed by atoms with Gasteiger partial charge in [-0.1, -0.05) is 6.07 Å². The van der Waals surface area contributed by atoms with Gasteiger partial charge in [0.2, 0.25) is 0 Å². The second-order valence-corrected chi connectivity index (χ2v) is 4.92. The van der Waals surface area contributed by atoms with Crippen LogP contribution in [0.4, 0.5) is 5.82 Å². The molecular formula is C12H13N5S. The Morgan fingerprint density at radius 2 is 2.28 bits per heavy atom. The molecule has 3 heterocycles. The van der Waals surface area contributed by atoms with Crippen molar-refractivity contribution in [1.29, 1.82) is 0 Å². The number of hydrogen-bond acceptors (Lipinski definition) is 5. The predicted molar refractivity (Wildman–Crippen MR) is 72.5 cm³/mol. The normalized spacial score (nSPS) is 10.9. The monoisotopic (exact) mass is 259 g/mol. The number of hydrogen-bond donors (Lipinski definition) is 2. The summed E-state index contributed by atoms with van der Waals surface area (Å²) in [7, 11) is 0. The Morgan fingerprint density at radius 1 is 1.33 bits per heavy atom. The van der Waals surface area contributed by atoms with Crippen molar-refractivity contribution < 1.29 is 0 Å². The van der Waals surface area contributed by atoms with E-state index < -0.39 is 0 Å². The van der Waals surface area contributed by atoms with E-state index in [1.807, 2.05) is 24.4 Å². The highest BCUT2D eigenvalue weighted by atomic mass is 32.1. The lowest BCUT2D eigenvalue weighted by Crippen LogP contribution is -2.02. The zero-order chi connectivity index (χ0) is 12.4. The minimum absolute atomic E-state index is 0.432. The van der Waals surface area contributed by atoms with E-state index in [-0.39, 0.29) is 0 Å². The minimum Gasteiger partial charge on any atom is -0.364 e. The number of thiophene rings is 1. The topological polar surface area (TPSA) is 68.2 Å². The molecule has 3 aromatic rings. The van der Waals surface area contributed by atoms with Gasteiger partial charge in [0.05, 0.1) is 18.4 Å². The van der Waals surface area contributed by atoms with Crippen LogP contribution in [0.2, 0.25) is 0 Å². The predicted octanol–water partition coefficient (Wildman–Crippen LogP) is 1.86. The van der Waals surface area contributed by atoms with Crippen molar-refractivity contribution in [3.05, 3.63) is 46.4 Å². The number of nitrogens with two attached hydrogens (primary N) is 1. The summed E-state index contributed by atoms with van der Waals surface area (Å²) in [6.07, 6.45) is 1.85. The molecule has 3 N–H and O–H groups in total. The van der Waals surface area contributed by atoms with E-state index in [2.05, 4.69) is 26.8 Å². The Balaban J connectivity index is 1.80. The van der Waals surface area contributed by atoms with Gasteiger partial charge >= 0.3 is 0 Å². The van der Waals surface area contributed by atoms with Gasteiger partial charge in [0.15, 0.2) is 5.65 Å². The first-order valence-corrected chi connectivity index (χ1v) is 6.55. The molecule has 0 fully saturated rings. The average molecular weight is 259 g/mol. The van der Waals surface area contributed by atoms with Crippen LogP contribution in [0.15, 0.2) is 35.8 Å². The Labute approximate surface area is 108 Å². The Bertz CT molecular complexity index is 644. The molecule has 0 saturated carbocycles. The smallest absolute Gasteiger partial charge is 0.153 e. The molecule has 3 rings (SSSR count). The summed E-state index contributed by atoms with van der Waals surface area (Å²) in [6, 6.07) is 8.00. The molecule has 0 unspecified atom stereocenters. The molecule has 5 nitrogen and oxygen atoms in total. The van der Waals surface area contributed by atoms with E-state index in [1.54, 1.807) is 15.9 Å². The molecule has 0 saturated heterocycles. The third-order valence-electron chi connectivity index (χ3n) is 2.60. The van der Waals surface area contributed by atoms with Crippen molar-refractivity contribution >= 4 is 22.8 Å². The summed E-state index contributed by atoms with van der Waals surface area (Å²) in [5, 5.41) is 9.79. The molecule has 0 radical (unpaired) electrons. The van der Waals surface area contributed by atoms with Gasteiger partial charge in [0, 0.05) is 11.4 Å². The van der Waals surface area contributed by atoms with Crippen molar-refractivity contribution in [2.45, 2.75) is 13.1 Å². The fraction of sp³-hybridized carbons (Fsp3) is 0.167. The molecule has 0 aliphatic rings. The van der Waals surface area contributed by atoms with Crippen LogP contribution in [0.1, 0.15) is 10.6 Å². The van der Waals surface area contributed by atoms with Crippen LogP contribution in [0.3, 0.4) is 0 Å². The Morgan fingerprint density at radius 3 is 3.06 bits per heavy atom. The maximum Gasteiger partial charge on any atom is 0.153 e. The number of aromatic nitrogens is 3. The largest absolute Gasteiger partial charge is 0.364 e. The second kappa shape index (κ2) is 4.75. The summed E-state index contributed by atoms with van der Waals surface area (Å²) >= 11 is 1.73. The van der Waals surface area contributed by atoms with Crippen LogP contribution in [0.5, 0.6) is 0 Å². The summed E-state index contributed by atoms with van der Waals surface area (Å²) in [5.41, 5.74) is 7.22. The molecule has 0 atom stereocenters. The van der Waals surface area contributed by atoms with Gasteiger partial charge in [-0.25, -0.2) is 9.50 Å². The molecule has 92 valence electrons. The molecule has 0 bridgehead atoms. The highest BCUT2D eigenvalue weighted by Crippen LogP contribution is 2.12. The molecule has 0 amide bonds. The van der Waals surface area contributed by atoms with Crippen molar-refractivity contribution in [2.75, 3.05) is 5.32 Å². The number of anilines is 1. The number of nitrogens with one attached hydrogen (secondary N) is 1. The van der Waals surface area contributed by atoms with Crippen molar-refractivity contribution in [3.8, 4) is 0 Å². The van der Waals surface area contributed by atoms with E-state index >= 15 is 0 Å². The first-order chi connectivity index (χ1) is 8.85. The molecular weight excluding hydrogens is 246 g/mol. The maximum absolute atomic E-state index is 5.56. The van der Waals surface area contributed by atoms with Crippen molar-refractivity contribution in [3.63, 3.8) is 0 Å². The molecule has 0 aromatic carbocycles. The van der Waals surface area contributed by atoms with Crippen molar-refractivity contribution in [1.82, 2.24) is 14.6 Å². The van der Waals surface area contributed by atoms with Crippen LogP contribution >= 0.6 is 11.3 Å². The van der Waals surface area contributed by atoms with Gasteiger partial charge < -0.3 is 11.1 Å². The van der Waals surface area contributed by atoms with E-state index in [0.29, 0.717) is 6.54 Å². The first-order valence-electron chi connectivity index (χ1n) is 5.67. The lowest BCUT2D eigenvalue weighted by atomic mass is 10.4. The average Bonchev–Trinajstić information content (AvgIpc) is 3.04. The maximum atomic E-state index is 5.56. The SMILES string of the molecule is NCc1cn2nc(NCc3cccs3)ccc2n1. The highest BCUT2D eigenvalue weighted by molar-refractivity contribution is 7.09. The summed E-state index contributed by atoms with van der Waals surface area (Å²) < 4.78 is 1.75. The van der Waals surface area contributed by atoms with Crippen molar-refractivity contribution in [2.24, 2.45) is 5.73 Å². The first kappa shape index (κ1) is 11.2. The van der Waals surface area contributed by atoms with E-state index in [1.165, 1.54) is 4.88 Å². The van der Waals surface area contributed by atoms with Crippen LogP contribution in [0, 0.1) is 0 Å². The third-order valence-corrected chi connectivity index (χ3v) is 3.48. The molecule has 0 aliphatic heterocycles. The number of rotatable bonds is 4. The Kier molecular flexibility index (Phi) is 2.95. The highest BCUT2D eigenvalue weighted by Gasteiger charge is 2.02. The van der Waals surface area contributed by atoms with E-state index in [0.717, 1.165) is 23.7 Å². The van der Waals surface area contributed by atoms with Gasteiger partial charge in [0.1, 0.15) is 5.82 Å². The molecule has 18 heavy (non-hydrogen) atoms. The molecule has 0 spiro atoms. The van der Waals surface area contributed by atoms with Crippen LogP contribution < -0.4 is 11.1 Å². The van der Waals surface area contributed by atoms with Crippen LogP contribution in [-0.2, 0) is 13.1 Å². The third kappa shape index (κ3) is 2.20. The Hall–Kier alpha value is -1.92. The van der Waals surface area contributed by atoms with Crippen LogP contribution in [0.25, 0.3) is 5.65 Å². The van der Waals surface area contributed by atoms with Crippen LogP contribution in [-0.4, -0.2) is 14.6 Å². The van der Waals surface area contributed by atoms with Gasteiger partial charge in [-0.2, -0.15) is 0 Å². The number of fused-ring (bicyclic) bond motifs is 1. The van der Waals surface area contributed by atoms with E-state index in [4.69, 9.17) is 5.73 Å². The lowest BCUT2D eigenvalue weighted by Gasteiger charge is -2.03. The fourth-order valence-corrected chi connectivity index (χ4v) is 2.36. The molecule has 3 aromatic heterocycles. The zero-order valence-corrected chi connectivity index (χ0v) is 10.5. The number of imidazole rings is 1. The fourth-order valence-electron chi connectivity index (χ4n) is 1.71. The second-order valence-electron chi connectivity index (χ2n) is 3.89. The van der Waals surface area contributed by atoms with E-state index in [9.17, 15) is 0 Å². The number of nitrogens with zero attached hydrogens (tertiary/aromatic N) is 3. The zero-order valence-electron chi connectivity index (χ0n) is 9.71. The van der Waals surface area contributed by atoms with Gasteiger partial charge in [-0.3, -0.25) is 0 Å². The standard InChI is InChI=1S/C12H13N5S/c13-6-9-8-17-12(15-9)4-3-11(16-17)14-7-10-2-1-5-18-10/h1-5,8H,6-7,13H2,(H,14,16). The summed E-state index contributed by atoms with van der Waals surface area (Å²) in [4.78, 5) is 5.61. The van der Waals surface area contributed by atoms with Gasteiger partial charge in [0.25, 0.3) is 0 Å². The quantitative estimate of drug-likeness (QED) is 0.750. The van der Waals surface area contributed by atoms with Gasteiger partial charge in [-0.15, -0.1) is 16.4 Å². The molecule has 6 heteroatoms. The molecule has 0 aliphatic carbocycles. The van der Waals surface area contributed by atoms with Gasteiger partial charge in [-0.05, 0) is 23.6 Å².